The number of benzene rings is 1. The third-order valence-corrected chi connectivity index (χ3v) is 7.11. The van der Waals surface area contributed by atoms with Crippen molar-refractivity contribution in [2.75, 3.05) is 13.2 Å². The first-order valence-corrected chi connectivity index (χ1v) is 13.9. The van der Waals surface area contributed by atoms with Gasteiger partial charge in [-0.05, 0) is 17.7 Å². The summed E-state index contributed by atoms with van der Waals surface area (Å²) < 4.78 is 65.4. The van der Waals surface area contributed by atoms with Crippen molar-refractivity contribution < 1.29 is 51.3 Å². The standard InChI is InChI=1S/C20H18F3N7O.H4O7P2/c1-12(18-16(22)5-24-8-27-18)20(31,7-30-11-26-10-29-30)15-3-2-13(21)4-14(15)19-17(23)6-25-9-28-19;1-8(2,3)7-9(4,5)6/h2-6,8-9,11-12,29,31H,7,10H2,1H3;(H2,1,2,3)(H2,4,5,6)/t12-,20+;/m0./s1. The Bertz CT molecular complexity index is 1460. The van der Waals surface area contributed by atoms with E-state index in [1.165, 1.54) is 23.7 Å². The number of aliphatic hydroxyl groups is 1. The van der Waals surface area contributed by atoms with E-state index in [0.29, 0.717) is 6.67 Å². The fourth-order valence-electron chi connectivity index (χ4n) is 3.73. The van der Waals surface area contributed by atoms with Crippen LogP contribution in [0.1, 0.15) is 24.1 Å². The van der Waals surface area contributed by atoms with Crippen molar-refractivity contribution in [3.63, 3.8) is 0 Å². The Morgan fingerprint density at radius 1 is 1.05 bits per heavy atom. The Morgan fingerprint density at radius 2 is 1.68 bits per heavy atom. The second-order valence-electron chi connectivity index (χ2n) is 8.12. The van der Waals surface area contributed by atoms with Crippen LogP contribution in [0.2, 0.25) is 0 Å². The minimum atomic E-state index is -5.05. The van der Waals surface area contributed by atoms with E-state index in [1.807, 2.05) is 0 Å². The van der Waals surface area contributed by atoms with E-state index < -0.39 is 44.6 Å². The molecule has 0 aliphatic carbocycles. The second-order valence-corrected chi connectivity index (χ2v) is 10.7. The van der Waals surface area contributed by atoms with Gasteiger partial charge in [-0.2, -0.15) is 4.31 Å². The molecule has 0 saturated heterocycles. The maximum atomic E-state index is 14.5. The van der Waals surface area contributed by atoms with Gasteiger partial charge in [0.15, 0.2) is 11.6 Å². The third-order valence-electron chi connectivity index (χ3n) is 5.40. The average molecular weight is 607 g/mol. The number of hydrazine groups is 1. The molecule has 1 aliphatic heterocycles. The summed E-state index contributed by atoms with van der Waals surface area (Å²) in [6, 6.07) is 3.53. The van der Waals surface area contributed by atoms with Crippen molar-refractivity contribution in [2.45, 2.75) is 18.4 Å². The summed E-state index contributed by atoms with van der Waals surface area (Å²) in [5, 5.41) is 13.5. The molecule has 0 fully saturated rings. The van der Waals surface area contributed by atoms with Crippen LogP contribution in [-0.2, 0) is 19.0 Å². The van der Waals surface area contributed by atoms with E-state index in [0.717, 1.165) is 30.9 Å². The lowest BCUT2D eigenvalue weighted by Crippen LogP contribution is -2.47. The van der Waals surface area contributed by atoms with Crippen LogP contribution in [0.15, 0.2) is 48.2 Å². The van der Waals surface area contributed by atoms with E-state index in [2.05, 4.69) is 34.7 Å². The zero-order chi connectivity index (χ0) is 29.7. The van der Waals surface area contributed by atoms with E-state index >= 15 is 0 Å². The predicted molar refractivity (Wildman–Crippen MR) is 130 cm³/mol. The molecule has 2 atom stereocenters. The minimum absolute atomic E-state index is 0.0138. The van der Waals surface area contributed by atoms with Crippen molar-refractivity contribution >= 4 is 22.0 Å². The largest absolute Gasteiger partial charge is 0.478 e. The first kappa shape index (κ1) is 31.3. The molecule has 3 heterocycles. The quantitative estimate of drug-likeness (QED) is 0.199. The van der Waals surface area contributed by atoms with Crippen LogP contribution in [0, 0.1) is 17.5 Å². The molecule has 0 bridgehead atoms. The molecule has 1 aliphatic rings. The Labute approximate surface area is 223 Å². The van der Waals surface area contributed by atoms with Gasteiger partial charge in [-0.15, -0.1) is 0 Å². The number of β-amino-alcohol motifs (C(OH)–C–C–N with tert-alkyl or cyclic N) is 1. The lowest BCUT2D eigenvalue weighted by atomic mass is 9.77. The van der Waals surface area contributed by atoms with Crippen molar-refractivity contribution in [1.82, 2.24) is 30.4 Å². The van der Waals surface area contributed by atoms with Gasteiger partial charge < -0.3 is 24.7 Å². The Balaban J connectivity index is 0.000000424. The first-order valence-electron chi connectivity index (χ1n) is 10.9. The second kappa shape index (κ2) is 12.6. The number of hydrogen-bond acceptors (Lipinski definition) is 11. The number of aromatic nitrogens is 4. The molecule has 2 aromatic heterocycles. The topological polar surface area (TPSA) is 224 Å². The monoisotopic (exact) mass is 607 g/mol. The molecule has 0 unspecified atom stereocenters. The number of halogens is 3. The van der Waals surface area contributed by atoms with Crippen LogP contribution in [0.5, 0.6) is 0 Å². The zero-order valence-electron chi connectivity index (χ0n) is 20.3. The normalized spacial score (nSPS) is 15.8. The molecule has 15 nitrogen and oxygen atoms in total. The van der Waals surface area contributed by atoms with E-state index in [4.69, 9.17) is 19.6 Å². The highest BCUT2D eigenvalue weighted by Gasteiger charge is 2.43. The maximum absolute atomic E-state index is 14.5. The van der Waals surface area contributed by atoms with Gasteiger partial charge in [0.2, 0.25) is 0 Å². The summed E-state index contributed by atoms with van der Waals surface area (Å²) in [4.78, 5) is 50.2. The van der Waals surface area contributed by atoms with Crippen LogP contribution >= 0.6 is 15.6 Å². The molecule has 216 valence electrons. The highest BCUT2D eigenvalue weighted by atomic mass is 31.3. The molecule has 1 aromatic carbocycles. The van der Waals surface area contributed by atoms with E-state index in [9.17, 15) is 27.4 Å². The van der Waals surface area contributed by atoms with Crippen LogP contribution in [0.3, 0.4) is 0 Å². The Morgan fingerprint density at radius 3 is 2.20 bits per heavy atom. The van der Waals surface area contributed by atoms with Gasteiger partial charge in [-0.1, -0.05) is 13.0 Å². The molecule has 0 amide bonds. The van der Waals surface area contributed by atoms with Crippen LogP contribution < -0.4 is 5.43 Å². The molecule has 0 spiro atoms. The number of hydrogen-bond donors (Lipinski definition) is 6. The highest BCUT2D eigenvalue weighted by Crippen LogP contribution is 2.53. The fraction of sp³-hybridized carbons (Fsp3) is 0.250. The number of phosphoric acid groups is 2. The molecule has 0 radical (unpaired) electrons. The van der Waals surface area contributed by atoms with Gasteiger partial charge in [-0.25, -0.2) is 47.7 Å². The number of nitrogens with one attached hydrogen (secondary N) is 1. The van der Waals surface area contributed by atoms with Gasteiger partial charge in [-0.3, -0.25) is 10.0 Å². The minimum Gasteiger partial charge on any atom is -0.383 e. The molecule has 3 aromatic rings. The van der Waals surface area contributed by atoms with Gasteiger partial charge in [0, 0.05) is 11.5 Å². The maximum Gasteiger partial charge on any atom is 0.478 e. The molecular formula is C20H22F3N7O8P2. The van der Waals surface area contributed by atoms with Crippen molar-refractivity contribution in [2.24, 2.45) is 4.99 Å². The van der Waals surface area contributed by atoms with Crippen molar-refractivity contribution in [3.8, 4) is 11.3 Å². The van der Waals surface area contributed by atoms with Crippen LogP contribution in [-0.4, -0.2) is 69.2 Å². The molecule has 20 heteroatoms. The highest BCUT2D eigenvalue weighted by molar-refractivity contribution is 7.60. The van der Waals surface area contributed by atoms with Gasteiger partial charge in [0.1, 0.15) is 42.8 Å². The summed E-state index contributed by atoms with van der Waals surface area (Å²) in [5.41, 5.74) is 0.983. The summed E-state index contributed by atoms with van der Waals surface area (Å²) in [7, 11) is -10.1. The van der Waals surface area contributed by atoms with Crippen molar-refractivity contribution in [1.29, 1.82) is 0 Å². The van der Waals surface area contributed by atoms with Gasteiger partial charge in [0.05, 0.1) is 24.6 Å². The molecule has 40 heavy (non-hydrogen) atoms. The first-order chi connectivity index (χ1) is 18.6. The van der Waals surface area contributed by atoms with E-state index in [-0.39, 0.29) is 29.1 Å². The predicted octanol–water partition coefficient (Wildman–Crippen LogP) is 1.34. The number of nitrogens with zero attached hydrogens (tertiary/aromatic N) is 6. The van der Waals surface area contributed by atoms with Crippen LogP contribution in [0.25, 0.3) is 11.3 Å². The van der Waals surface area contributed by atoms with Gasteiger partial charge in [0.25, 0.3) is 0 Å². The van der Waals surface area contributed by atoms with Crippen molar-refractivity contribution in [3.05, 3.63) is 72.0 Å². The Hall–Kier alpha value is -3.18. The van der Waals surface area contributed by atoms with E-state index in [1.54, 1.807) is 6.92 Å². The summed E-state index contributed by atoms with van der Waals surface area (Å²) in [6.45, 7) is 1.75. The number of aliphatic imine (C=N–C) groups is 1. The summed E-state index contributed by atoms with van der Waals surface area (Å²) in [6.07, 6.45) is 5.69. The number of rotatable bonds is 8. The smallest absolute Gasteiger partial charge is 0.383 e. The SMILES string of the molecule is C[C@@H](c1ncncc1F)[C@](O)(CN1C=NCN1)c1ccc(F)cc1-c1ncncc1F.O=P(O)(O)OP(=O)(O)O. The zero-order valence-corrected chi connectivity index (χ0v) is 22.1. The van der Waals surface area contributed by atoms with Gasteiger partial charge >= 0.3 is 15.6 Å². The molecule has 6 N–H and O–H groups in total. The molecule has 0 saturated carbocycles. The Kier molecular flexibility index (Phi) is 9.84. The summed E-state index contributed by atoms with van der Waals surface area (Å²) >= 11 is 0. The van der Waals surface area contributed by atoms with Crippen LogP contribution in [0.4, 0.5) is 13.2 Å². The lowest BCUT2D eigenvalue weighted by Gasteiger charge is -2.38. The average Bonchev–Trinajstić information content (AvgIpc) is 3.35. The molecular weight excluding hydrogens is 585 g/mol. The molecule has 4 rings (SSSR count). The summed E-state index contributed by atoms with van der Waals surface area (Å²) in [5.74, 6) is -3.10. The fourth-order valence-corrected chi connectivity index (χ4v) is 4.84. The third kappa shape index (κ3) is 8.17. The lowest BCUT2D eigenvalue weighted by molar-refractivity contribution is -0.0136.